The number of carbonyl (C=O) groups excluding carboxylic acids is 2. The first-order valence-electron chi connectivity index (χ1n) is 11.1. The summed E-state index contributed by atoms with van der Waals surface area (Å²) in [5.41, 5.74) is 2.93. The summed E-state index contributed by atoms with van der Waals surface area (Å²) in [7, 11) is 4.11. The van der Waals surface area contributed by atoms with Gasteiger partial charge in [-0.1, -0.05) is 0 Å². The van der Waals surface area contributed by atoms with Crippen LogP contribution in [-0.2, 0) is 0 Å². The maximum Gasteiger partial charge on any atom is 0.276 e. The van der Waals surface area contributed by atoms with E-state index >= 15 is 0 Å². The zero-order chi connectivity index (χ0) is 22.2. The van der Waals surface area contributed by atoms with E-state index in [1.165, 1.54) is 0 Å². The van der Waals surface area contributed by atoms with Crippen molar-refractivity contribution < 1.29 is 9.59 Å². The predicted molar refractivity (Wildman–Crippen MR) is 123 cm³/mol. The minimum absolute atomic E-state index is 0.0438. The molecule has 5 heterocycles. The van der Waals surface area contributed by atoms with Gasteiger partial charge in [0, 0.05) is 55.4 Å². The van der Waals surface area contributed by atoms with Crippen LogP contribution in [0.4, 0.5) is 0 Å². The van der Waals surface area contributed by atoms with E-state index in [9.17, 15) is 9.59 Å². The van der Waals surface area contributed by atoms with E-state index in [-0.39, 0.29) is 11.8 Å². The van der Waals surface area contributed by atoms with E-state index in [1.54, 1.807) is 23.9 Å². The summed E-state index contributed by atoms with van der Waals surface area (Å²) in [5.74, 6) is 0.369. The monoisotopic (exact) mass is 452 g/mol. The Morgan fingerprint density at radius 3 is 2.50 bits per heavy atom. The minimum Gasteiger partial charge on any atom is -0.339 e. The lowest BCUT2D eigenvalue weighted by atomic mass is 9.93. The molecule has 0 bridgehead atoms. The second-order valence-corrected chi connectivity index (χ2v) is 9.67. The summed E-state index contributed by atoms with van der Waals surface area (Å²) in [4.78, 5) is 40.8. The summed E-state index contributed by atoms with van der Waals surface area (Å²) in [6, 6.07) is 4.29. The van der Waals surface area contributed by atoms with Gasteiger partial charge in [-0.25, -0.2) is 9.97 Å². The molecule has 0 spiro atoms. The van der Waals surface area contributed by atoms with Crippen molar-refractivity contribution in [2.24, 2.45) is 0 Å². The quantitative estimate of drug-likeness (QED) is 0.608. The first kappa shape index (κ1) is 21.1. The number of imidazole rings is 1. The topological polar surface area (TPSA) is 74.0 Å². The zero-order valence-corrected chi connectivity index (χ0v) is 19.3. The number of hydrogen-bond acceptors (Lipinski definition) is 6. The number of likely N-dealkylation sites (tertiary alicyclic amines) is 2. The Hall–Kier alpha value is -2.78. The zero-order valence-electron chi connectivity index (χ0n) is 18.5. The number of nitrogens with zero attached hydrogens (tertiary/aromatic N) is 6. The van der Waals surface area contributed by atoms with Gasteiger partial charge < -0.3 is 14.7 Å². The van der Waals surface area contributed by atoms with Gasteiger partial charge in [0.25, 0.3) is 11.8 Å². The number of amides is 2. The number of thiophene rings is 1. The Kier molecular flexibility index (Phi) is 5.69. The molecule has 8 nitrogen and oxygen atoms in total. The van der Waals surface area contributed by atoms with E-state index in [4.69, 9.17) is 0 Å². The number of hydrogen-bond donors (Lipinski definition) is 0. The van der Waals surface area contributed by atoms with Gasteiger partial charge in [-0.05, 0) is 50.9 Å². The van der Waals surface area contributed by atoms with Crippen LogP contribution >= 0.6 is 11.3 Å². The highest BCUT2D eigenvalue weighted by atomic mass is 32.1. The molecule has 32 heavy (non-hydrogen) atoms. The average Bonchev–Trinajstić information content (AvgIpc) is 3.58. The molecule has 1 atom stereocenters. The lowest BCUT2D eigenvalue weighted by Crippen LogP contribution is -2.38. The minimum atomic E-state index is -0.0438. The van der Waals surface area contributed by atoms with Crippen LogP contribution in [0.3, 0.4) is 0 Å². The normalized spacial score (nSPS) is 19.9. The summed E-state index contributed by atoms with van der Waals surface area (Å²) in [6.07, 6.45) is 6.25. The van der Waals surface area contributed by atoms with Gasteiger partial charge in [-0.3, -0.25) is 14.0 Å². The first-order chi connectivity index (χ1) is 15.5. The van der Waals surface area contributed by atoms with Gasteiger partial charge in [0.15, 0.2) is 11.3 Å². The molecule has 2 fully saturated rings. The van der Waals surface area contributed by atoms with Crippen LogP contribution in [0, 0.1) is 0 Å². The molecule has 3 aromatic heterocycles. The van der Waals surface area contributed by atoms with Crippen molar-refractivity contribution in [3.8, 4) is 0 Å². The predicted octanol–water partition coefficient (Wildman–Crippen LogP) is 2.59. The van der Waals surface area contributed by atoms with E-state index in [1.807, 2.05) is 37.1 Å². The Bertz CT molecular complexity index is 1120. The molecule has 2 amide bonds. The van der Waals surface area contributed by atoms with Crippen LogP contribution in [-0.4, -0.2) is 87.2 Å². The number of aromatic nitrogens is 3. The Balaban J connectivity index is 1.32. The van der Waals surface area contributed by atoms with Gasteiger partial charge >= 0.3 is 0 Å². The standard InChI is InChI=1S/C23H28N6O2S/c1-26(2)18-6-11-28(13-18)23(31)20-21-24-8-3-19(29(21)15-25-20)16-4-9-27(10-5-16)22(30)17-7-12-32-14-17/h3,7-8,12,14-16,18H,4-6,9-11,13H2,1-2H3/t18-/m1/s1. The SMILES string of the molecule is CN(C)[C@@H]1CCN(C(=O)c2ncn3c(C4CCN(C(=O)c5ccsc5)CC4)ccnc23)C1. The van der Waals surface area contributed by atoms with Gasteiger partial charge in [0.2, 0.25) is 0 Å². The van der Waals surface area contributed by atoms with Crippen LogP contribution in [0.25, 0.3) is 5.65 Å². The number of carbonyl (C=O) groups is 2. The smallest absolute Gasteiger partial charge is 0.276 e. The number of piperidine rings is 1. The fraction of sp³-hybridized carbons (Fsp3) is 0.478. The molecule has 2 saturated heterocycles. The van der Waals surface area contributed by atoms with Crippen LogP contribution in [0.5, 0.6) is 0 Å². The molecule has 168 valence electrons. The lowest BCUT2D eigenvalue weighted by Gasteiger charge is -2.32. The van der Waals surface area contributed by atoms with Crippen LogP contribution < -0.4 is 0 Å². The van der Waals surface area contributed by atoms with E-state index in [0.29, 0.717) is 23.3 Å². The van der Waals surface area contributed by atoms with Gasteiger partial charge in [-0.15, -0.1) is 0 Å². The third-order valence-electron chi connectivity index (χ3n) is 6.81. The largest absolute Gasteiger partial charge is 0.339 e. The third-order valence-corrected chi connectivity index (χ3v) is 7.50. The summed E-state index contributed by atoms with van der Waals surface area (Å²) < 4.78 is 1.97. The van der Waals surface area contributed by atoms with E-state index < -0.39 is 0 Å². The molecule has 0 aliphatic carbocycles. The molecule has 3 aromatic rings. The number of fused-ring (bicyclic) bond motifs is 1. The van der Waals surface area contributed by atoms with Crippen LogP contribution in [0.15, 0.2) is 35.4 Å². The maximum absolute atomic E-state index is 13.2. The Labute approximate surface area is 191 Å². The van der Waals surface area contributed by atoms with Crippen molar-refractivity contribution >= 4 is 28.8 Å². The fourth-order valence-corrected chi connectivity index (χ4v) is 5.48. The van der Waals surface area contributed by atoms with Crippen molar-refractivity contribution in [2.75, 3.05) is 40.3 Å². The molecule has 0 radical (unpaired) electrons. The lowest BCUT2D eigenvalue weighted by molar-refractivity contribution is 0.0711. The molecule has 0 saturated carbocycles. The van der Waals surface area contributed by atoms with Crippen molar-refractivity contribution in [1.29, 1.82) is 0 Å². The highest BCUT2D eigenvalue weighted by Gasteiger charge is 2.31. The van der Waals surface area contributed by atoms with Gasteiger partial charge in [0.1, 0.15) is 6.33 Å². The third kappa shape index (κ3) is 3.80. The van der Waals surface area contributed by atoms with Crippen molar-refractivity contribution in [1.82, 2.24) is 29.1 Å². The highest BCUT2D eigenvalue weighted by molar-refractivity contribution is 7.08. The van der Waals surface area contributed by atoms with Gasteiger partial charge in [-0.2, -0.15) is 11.3 Å². The molecular formula is C23H28N6O2S. The second kappa shape index (κ2) is 8.63. The molecular weight excluding hydrogens is 424 g/mol. The van der Waals surface area contributed by atoms with E-state index in [2.05, 4.69) is 29.0 Å². The molecule has 0 N–H and O–H groups in total. The maximum atomic E-state index is 13.2. The van der Waals surface area contributed by atoms with Crippen LogP contribution in [0.2, 0.25) is 0 Å². The first-order valence-corrected chi connectivity index (χ1v) is 12.1. The van der Waals surface area contributed by atoms with Crippen molar-refractivity contribution in [2.45, 2.75) is 31.2 Å². The summed E-state index contributed by atoms with van der Waals surface area (Å²) in [6.45, 7) is 2.92. The molecule has 2 aliphatic heterocycles. The highest BCUT2D eigenvalue weighted by Crippen LogP contribution is 2.30. The van der Waals surface area contributed by atoms with E-state index in [0.717, 1.165) is 56.7 Å². The second-order valence-electron chi connectivity index (χ2n) is 8.89. The van der Waals surface area contributed by atoms with Crippen LogP contribution in [0.1, 0.15) is 51.7 Å². The Morgan fingerprint density at radius 2 is 1.81 bits per heavy atom. The summed E-state index contributed by atoms with van der Waals surface area (Å²) >= 11 is 1.55. The number of likely N-dealkylation sites (N-methyl/N-ethyl adjacent to an activating group) is 1. The summed E-state index contributed by atoms with van der Waals surface area (Å²) in [5, 5.41) is 3.85. The molecule has 0 unspecified atom stereocenters. The molecule has 5 rings (SSSR count). The average molecular weight is 453 g/mol. The van der Waals surface area contributed by atoms with Crippen molar-refractivity contribution in [3.63, 3.8) is 0 Å². The van der Waals surface area contributed by atoms with Gasteiger partial charge in [0.05, 0.1) is 5.56 Å². The van der Waals surface area contributed by atoms with Crippen molar-refractivity contribution in [3.05, 3.63) is 52.4 Å². The number of rotatable bonds is 4. The molecule has 0 aromatic carbocycles. The fourth-order valence-electron chi connectivity index (χ4n) is 4.85. The Morgan fingerprint density at radius 1 is 1.03 bits per heavy atom. The molecule has 9 heteroatoms. The molecule has 2 aliphatic rings.